The average Bonchev–Trinajstić information content (AvgIpc) is 2.32. The van der Waals surface area contributed by atoms with Gasteiger partial charge in [0.25, 0.3) is 0 Å². The molecule has 0 radical (unpaired) electrons. The maximum absolute atomic E-state index is 12.1. The number of halogens is 1. The van der Waals surface area contributed by atoms with Gasteiger partial charge in [0.15, 0.2) is 9.84 Å². The highest BCUT2D eigenvalue weighted by molar-refractivity contribution is 7.90. The van der Waals surface area contributed by atoms with Crippen molar-refractivity contribution in [2.45, 2.75) is 31.1 Å². The van der Waals surface area contributed by atoms with E-state index < -0.39 is 9.84 Å². The van der Waals surface area contributed by atoms with Crippen LogP contribution in [0, 0.1) is 0 Å². The fourth-order valence-electron chi connectivity index (χ4n) is 2.18. The van der Waals surface area contributed by atoms with Crippen LogP contribution in [0.1, 0.15) is 24.8 Å². The van der Waals surface area contributed by atoms with Gasteiger partial charge in [-0.2, -0.15) is 0 Å². The molecule has 4 nitrogen and oxygen atoms in total. The summed E-state index contributed by atoms with van der Waals surface area (Å²) in [5.41, 5.74) is 0.690. The van der Waals surface area contributed by atoms with Gasteiger partial charge in [-0.1, -0.05) is 24.1 Å². The highest BCUT2D eigenvalue weighted by Crippen LogP contribution is 2.13. The Morgan fingerprint density at radius 3 is 2.83 bits per heavy atom. The monoisotopic (exact) mass is 288 g/mol. The standard InChI is InChI=1S/C12H17ClN2O2S/c13-12-5-4-10(7-15-12)8-18(16,17)9-11-3-1-2-6-14-11/h4-5,7,11,14H,1-3,6,8-9H2. The van der Waals surface area contributed by atoms with E-state index in [1.165, 1.54) is 6.20 Å². The lowest BCUT2D eigenvalue weighted by atomic mass is 10.1. The zero-order valence-electron chi connectivity index (χ0n) is 10.1. The number of nitrogens with zero attached hydrogens (tertiary/aromatic N) is 1. The largest absolute Gasteiger partial charge is 0.313 e. The van der Waals surface area contributed by atoms with Crippen LogP contribution in [0.2, 0.25) is 5.15 Å². The molecule has 1 N–H and O–H groups in total. The third-order valence-electron chi connectivity index (χ3n) is 3.04. The van der Waals surface area contributed by atoms with Gasteiger partial charge in [-0.3, -0.25) is 0 Å². The first kappa shape index (κ1) is 13.8. The first-order valence-electron chi connectivity index (χ1n) is 6.09. The summed E-state index contributed by atoms with van der Waals surface area (Å²) < 4.78 is 24.1. The van der Waals surface area contributed by atoms with E-state index in [9.17, 15) is 8.42 Å². The molecule has 100 valence electrons. The highest BCUT2D eigenvalue weighted by atomic mass is 35.5. The Bertz CT molecular complexity index is 481. The molecule has 1 unspecified atom stereocenters. The molecule has 2 heterocycles. The molecule has 2 rings (SSSR count). The predicted octanol–water partition coefficient (Wildman–Crippen LogP) is 1.79. The van der Waals surface area contributed by atoms with Crippen molar-refractivity contribution in [3.63, 3.8) is 0 Å². The molecule has 0 aromatic carbocycles. The zero-order chi connectivity index (χ0) is 13.0. The Kier molecular flexibility index (Phi) is 4.59. The number of rotatable bonds is 4. The molecule has 1 saturated heterocycles. The Morgan fingerprint density at radius 1 is 1.39 bits per heavy atom. The van der Waals surface area contributed by atoms with Crippen LogP contribution in [0.25, 0.3) is 0 Å². The first-order valence-corrected chi connectivity index (χ1v) is 8.29. The Morgan fingerprint density at radius 2 is 2.22 bits per heavy atom. The lowest BCUT2D eigenvalue weighted by molar-refractivity contribution is 0.423. The summed E-state index contributed by atoms with van der Waals surface area (Å²) >= 11 is 5.67. The minimum Gasteiger partial charge on any atom is -0.313 e. The highest BCUT2D eigenvalue weighted by Gasteiger charge is 2.21. The minimum absolute atomic E-state index is 0.0371. The second-order valence-electron chi connectivity index (χ2n) is 4.69. The van der Waals surface area contributed by atoms with Crippen LogP contribution < -0.4 is 5.32 Å². The lowest BCUT2D eigenvalue weighted by Crippen LogP contribution is -2.39. The van der Waals surface area contributed by atoms with E-state index in [2.05, 4.69) is 10.3 Å². The number of sulfone groups is 1. The number of piperidine rings is 1. The van der Waals surface area contributed by atoms with Crippen molar-refractivity contribution in [2.24, 2.45) is 0 Å². The zero-order valence-corrected chi connectivity index (χ0v) is 11.7. The topological polar surface area (TPSA) is 59.1 Å². The molecular formula is C12H17ClN2O2S. The second-order valence-corrected chi connectivity index (χ2v) is 7.19. The summed E-state index contributed by atoms with van der Waals surface area (Å²) in [6.07, 6.45) is 4.71. The van der Waals surface area contributed by atoms with Crippen LogP contribution in [-0.4, -0.2) is 31.7 Å². The van der Waals surface area contributed by atoms with Crippen LogP contribution in [0.4, 0.5) is 0 Å². The van der Waals surface area contributed by atoms with E-state index in [-0.39, 0.29) is 17.5 Å². The first-order chi connectivity index (χ1) is 8.55. The third kappa shape index (κ3) is 4.23. The van der Waals surface area contributed by atoms with Gasteiger partial charge in [-0.15, -0.1) is 0 Å². The van der Waals surface area contributed by atoms with Crippen LogP contribution in [0.15, 0.2) is 18.3 Å². The van der Waals surface area contributed by atoms with Gasteiger partial charge in [0.05, 0.1) is 11.5 Å². The van der Waals surface area contributed by atoms with Crippen molar-refractivity contribution in [3.8, 4) is 0 Å². The number of hydrogen-bond donors (Lipinski definition) is 1. The van der Waals surface area contributed by atoms with Crippen molar-refractivity contribution < 1.29 is 8.42 Å². The molecule has 0 amide bonds. The van der Waals surface area contributed by atoms with E-state index >= 15 is 0 Å². The summed E-state index contributed by atoms with van der Waals surface area (Å²) in [7, 11) is -3.09. The van der Waals surface area contributed by atoms with Gasteiger partial charge >= 0.3 is 0 Å². The van der Waals surface area contributed by atoms with E-state index in [0.29, 0.717) is 10.7 Å². The van der Waals surface area contributed by atoms with Gasteiger partial charge in [-0.25, -0.2) is 13.4 Å². The number of nitrogens with one attached hydrogen (secondary N) is 1. The number of pyridine rings is 1. The van der Waals surface area contributed by atoms with Crippen molar-refractivity contribution in [1.29, 1.82) is 0 Å². The Hall–Kier alpha value is -0.650. The molecule has 1 aromatic rings. The van der Waals surface area contributed by atoms with Gasteiger partial charge in [0.2, 0.25) is 0 Å². The summed E-state index contributed by atoms with van der Waals surface area (Å²) in [4.78, 5) is 3.90. The fourth-order valence-corrected chi connectivity index (χ4v) is 3.98. The fraction of sp³-hybridized carbons (Fsp3) is 0.583. The normalized spacial score (nSPS) is 20.8. The van der Waals surface area contributed by atoms with Crippen molar-refractivity contribution >= 4 is 21.4 Å². The Labute approximate surface area is 113 Å². The maximum Gasteiger partial charge on any atom is 0.156 e. The molecule has 0 bridgehead atoms. The summed E-state index contributed by atoms with van der Waals surface area (Å²) in [6.45, 7) is 0.919. The lowest BCUT2D eigenvalue weighted by Gasteiger charge is -2.23. The SMILES string of the molecule is O=S(=O)(Cc1ccc(Cl)nc1)CC1CCCCN1. The third-order valence-corrected chi connectivity index (χ3v) is 4.95. The van der Waals surface area contributed by atoms with Gasteiger partial charge < -0.3 is 5.32 Å². The van der Waals surface area contributed by atoms with Crippen LogP contribution in [0.5, 0.6) is 0 Å². The van der Waals surface area contributed by atoms with Crippen LogP contribution >= 0.6 is 11.6 Å². The van der Waals surface area contributed by atoms with Crippen molar-refractivity contribution in [2.75, 3.05) is 12.3 Å². The smallest absolute Gasteiger partial charge is 0.156 e. The molecule has 1 fully saturated rings. The van der Waals surface area contributed by atoms with Crippen LogP contribution in [-0.2, 0) is 15.6 Å². The number of aromatic nitrogens is 1. The van der Waals surface area contributed by atoms with Crippen LogP contribution in [0.3, 0.4) is 0 Å². The van der Waals surface area contributed by atoms with Gasteiger partial charge in [-0.05, 0) is 31.0 Å². The average molecular weight is 289 g/mol. The summed E-state index contributed by atoms with van der Waals surface area (Å²) in [6, 6.07) is 3.43. The quantitative estimate of drug-likeness (QED) is 0.858. The van der Waals surface area contributed by atoms with Gasteiger partial charge in [0.1, 0.15) is 5.15 Å². The molecule has 18 heavy (non-hydrogen) atoms. The Balaban J connectivity index is 1.96. The maximum atomic E-state index is 12.1. The van der Waals surface area contributed by atoms with E-state index in [0.717, 1.165) is 25.8 Å². The molecule has 1 aliphatic rings. The molecular weight excluding hydrogens is 272 g/mol. The van der Waals surface area contributed by atoms with Crippen molar-refractivity contribution in [1.82, 2.24) is 10.3 Å². The second kappa shape index (κ2) is 5.99. The van der Waals surface area contributed by atoms with Gasteiger partial charge in [0, 0.05) is 12.2 Å². The molecule has 1 aromatic heterocycles. The molecule has 1 aliphatic heterocycles. The molecule has 0 saturated carbocycles. The summed E-state index contributed by atoms with van der Waals surface area (Å²) in [5.74, 6) is 0.241. The molecule has 1 atom stereocenters. The van der Waals surface area contributed by atoms with E-state index in [1.807, 2.05) is 0 Å². The number of hydrogen-bond acceptors (Lipinski definition) is 4. The molecule has 6 heteroatoms. The minimum atomic E-state index is -3.09. The molecule has 0 aliphatic carbocycles. The van der Waals surface area contributed by atoms with E-state index in [1.54, 1.807) is 12.1 Å². The van der Waals surface area contributed by atoms with E-state index in [4.69, 9.17) is 11.6 Å². The molecule has 0 spiro atoms. The predicted molar refractivity (Wildman–Crippen MR) is 72.4 cm³/mol. The van der Waals surface area contributed by atoms with Crippen molar-refractivity contribution in [3.05, 3.63) is 29.0 Å². The summed E-state index contributed by atoms with van der Waals surface area (Å²) in [5, 5.41) is 3.63.